The zero-order chi connectivity index (χ0) is 14.7. The summed E-state index contributed by atoms with van der Waals surface area (Å²) in [6, 6.07) is 9.47. The topological polar surface area (TPSA) is 51.1 Å². The third-order valence-electron chi connectivity index (χ3n) is 2.96. The van der Waals surface area contributed by atoms with Crippen LogP contribution in [0.5, 0.6) is 0 Å². The first-order chi connectivity index (χ1) is 9.51. The third kappa shape index (κ3) is 3.17. The van der Waals surface area contributed by atoms with Crippen molar-refractivity contribution in [2.45, 2.75) is 13.5 Å². The number of aryl methyl sites for hydroxylation is 1. The van der Waals surface area contributed by atoms with Crippen LogP contribution in [0.15, 0.2) is 45.8 Å². The zero-order valence-electron chi connectivity index (χ0n) is 11.3. The molecule has 0 spiro atoms. The number of carbonyl (C=O) groups excluding carboxylic acids is 1. The lowest BCUT2D eigenvalue weighted by atomic mass is 10.1. The molecule has 5 heteroatoms. The molecule has 1 amide bonds. The molecule has 0 aliphatic rings. The maximum absolute atomic E-state index is 12.3. The van der Waals surface area contributed by atoms with Gasteiger partial charge in [-0.2, -0.15) is 0 Å². The summed E-state index contributed by atoms with van der Waals surface area (Å²) < 4.78 is 2.23. The fourth-order valence-electron chi connectivity index (χ4n) is 2.02. The van der Waals surface area contributed by atoms with Crippen molar-refractivity contribution in [1.29, 1.82) is 0 Å². The maximum Gasteiger partial charge on any atom is 0.263 e. The Balaban J connectivity index is 2.45. The minimum atomic E-state index is -0.380. The summed E-state index contributed by atoms with van der Waals surface area (Å²) in [6.07, 6.45) is 1.69. The van der Waals surface area contributed by atoms with Crippen LogP contribution in [0, 0.1) is 6.92 Å². The summed E-state index contributed by atoms with van der Waals surface area (Å²) in [5.74, 6) is -0.380. The normalized spacial score (nSPS) is 10.3. The Morgan fingerprint density at radius 1 is 1.35 bits per heavy atom. The summed E-state index contributed by atoms with van der Waals surface area (Å²) in [5.41, 5.74) is 1.99. The molecule has 0 atom stereocenters. The van der Waals surface area contributed by atoms with Crippen LogP contribution in [0.1, 0.15) is 21.5 Å². The fraction of sp³-hybridized carbons (Fsp3) is 0.200. The van der Waals surface area contributed by atoms with Gasteiger partial charge in [0.2, 0.25) is 0 Å². The first-order valence-corrected chi connectivity index (χ1v) is 6.98. The van der Waals surface area contributed by atoms with Crippen molar-refractivity contribution in [1.82, 2.24) is 9.88 Å². The number of pyridine rings is 1. The van der Waals surface area contributed by atoms with Crippen LogP contribution in [-0.2, 0) is 6.54 Å². The summed E-state index contributed by atoms with van der Waals surface area (Å²) in [6.45, 7) is 2.44. The molecule has 0 aliphatic carbocycles. The molecule has 2 aromatic rings. The van der Waals surface area contributed by atoms with Gasteiger partial charge in [0.1, 0.15) is 5.56 Å². The first kappa shape index (κ1) is 14.5. The second kappa shape index (κ2) is 6.05. The van der Waals surface area contributed by atoms with Gasteiger partial charge >= 0.3 is 0 Å². The van der Waals surface area contributed by atoms with Crippen molar-refractivity contribution >= 4 is 21.8 Å². The van der Waals surface area contributed by atoms with Gasteiger partial charge in [-0.25, -0.2) is 0 Å². The highest BCUT2D eigenvalue weighted by atomic mass is 79.9. The van der Waals surface area contributed by atoms with E-state index < -0.39 is 0 Å². The quantitative estimate of drug-likeness (QED) is 0.936. The van der Waals surface area contributed by atoms with Gasteiger partial charge in [0.25, 0.3) is 11.5 Å². The highest BCUT2D eigenvalue weighted by Gasteiger charge is 2.12. The average Bonchev–Trinajstić information content (AvgIpc) is 2.41. The van der Waals surface area contributed by atoms with Crippen LogP contribution >= 0.6 is 15.9 Å². The molecule has 1 N–H and O–H groups in total. The molecule has 104 valence electrons. The molecule has 0 radical (unpaired) electrons. The monoisotopic (exact) mass is 334 g/mol. The number of aromatic nitrogens is 1. The van der Waals surface area contributed by atoms with Crippen LogP contribution in [0.25, 0.3) is 0 Å². The Kier molecular flexibility index (Phi) is 4.39. The van der Waals surface area contributed by atoms with Gasteiger partial charge in [-0.05, 0) is 34.5 Å². The Bertz CT molecular complexity index is 707. The van der Waals surface area contributed by atoms with Crippen molar-refractivity contribution < 1.29 is 4.79 Å². The Morgan fingerprint density at radius 3 is 2.75 bits per heavy atom. The molecule has 0 saturated heterocycles. The average molecular weight is 335 g/mol. The van der Waals surface area contributed by atoms with Crippen molar-refractivity contribution in [2.24, 2.45) is 0 Å². The number of benzene rings is 1. The van der Waals surface area contributed by atoms with E-state index in [0.717, 1.165) is 11.1 Å². The smallest absolute Gasteiger partial charge is 0.263 e. The molecule has 0 saturated carbocycles. The van der Waals surface area contributed by atoms with E-state index in [9.17, 15) is 9.59 Å². The molecule has 0 bridgehead atoms. The van der Waals surface area contributed by atoms with Crippen LogP contribution in [0.3, 0.4) is 0 Å². The number of carbonyl (C=O) groups is 1. The van der Waals surface area contributed by atoms with E-state index in [1.165, 1.54) is 17.7 Å². The summed E-state index contributed by atoms with van der Waals surface area (Å²) in [5, 5.41) is 2.48. The summed E-state index contributed by atoms with van der Waals surface area (Å²) >= 11 is 3.33. The van der Waals surface area contributed by atoms with E-state index in [0.29, 0.717) is 11.0 Å². The fourth-order valence-corrected chi connectivity index (χ4v) is 2.50. The second-order valence-electron chi connectivity index (χ2n) is 4.57. The van der Waals surface area contributed by atoms with Gasteiger partial charge in [-0.3, -0.25) is 9.59 Å². The van der Waals surface area contributed by atoms with Gasteiger partial charge < -0.3 is 9.88 Å². The van der Waals surface area contributed by atoms with Crippen LogP contribution in [0.4, 0.5) is 0 Å². The zero-order valence-corrected chi connectivity index (χ0v) is 12.9. The second-order valence-corrected chi connectivity index (χ2v) is 5.49. The predicted octanol–water partition coefficient (Wildman–Crippen LogP) is 2.33. The number of rotatable bonds is 3. The molecule has 0 fully saturated rings. The summed E-state index contributed by atoms with van der Waals surface area (Å²) in [7, 11) is 1.51. The van der Waals surface area contributed by atoms with Crippen molar-refractivity contribution in [3.63, 3.8) is 0 Å². The van der Waals surface area contributed by atoms with E-state index in [2.05, 4.69) is 21.2 Å². The van der Waals surface area contributed by atoms with Crippen LogP contribution in [0.2, 0.25) is 0 Å². The van der Waals surface area contributed by atoms with Crippen molar-refractivity contribution in [3.05, 3.63) is 68.0 Å². The van der Waals surface area contributed by atoms with Gasteiger partial charge in [0.05, 0.1) is 6.54 Å². The van der Waals surface area contributed by atoms with E-state index in [-0.39, 0.29) is 17.0 Å². The Labute approximate surface area is 125 Å². The lowest BCUT2D eigenvalue weighted by Gasteiger charge is -2.09. The van der Waals surface area contributed by atoms with Gasteiger partial charge in [-0.1, -0.05) is 29.8 Å². The molecular formula is C15H15BrN2O2. The van der Waals surface area contributed by atoms with E-state index in [1.807, 2.05) is 31.2 Å². The number of nitrogens with one attached hydrogen (secondary N) is 1. The lowest BCUT2D eigenvalue weighted by Crippen LogP contribution is -2.31. The molecule has 1 aromatic carbocycles. The maximum atomic E-state index is 12.3. The molecule has 0 aliphatic heterocycles. The predicted molar refractivity (Wildman–Crippen MR) is 82.1 cm³/mol. The number of hydrogen-bond acceptors (Lipinski definition) is 2. The standard InChI is InChI=1S/C15H15BrN2O2/c1-10-4-3-5-11(6-10)8-18-9-12(16)7-13(15(18)20)14(19)17-2/h3-7,9H,8H2,1-2H3,(H,17,19). The minimum absolute atomic E-state index is 0.134. The molecule has 0 unspecified atom stereocenters. The Hall–Kier alpha value is -1.88. The minimum Gasteiger partial charge on any atom is -0.355 e. The van der Waals surface area contributed by atoms with E-state index in [4.69, 9.17) is 0 Å². The molecule has 4 nitrogen and oxygen atoms in total. The van der Waals surface area contributed by atoms with Crippen LogP contribution < -0.4 is 10.9 Å². The molecule has 1 heterocycles. The van der Waals surface area contributed by atoms with E-state index >= 15 is 0 Å². The molecule has 1 aromatic heterocycles. The van der Waals surface area contributed by atoms with Gasteiger partial charge in [0, 0.05) is 17.7 Å². The number of nitrogens with zero attached hydrogens (tertiary/aromatic N) is 1. The number of halogens is 1. The first-order valence-electron chi connectivity index (χ1n) is 6.19. The molecule has 2 rings (SSSR count). The van der Waals surface area contributed by atoms with Crippen molar-refractivity contribution in [3.8, 4) is 0 Å². The van der Waals surface area contributed by atoms with Crippen LogP contribution in [-0.4, -0.2) is 17.5 Å². The number of hydrogen-bond donors (Lipinski definition) is 1. The lowest BCUT2D eigenvalue weighted by molar-refractivity contribution is 0.0961. The largest absolute Gasteiger partial charge is 0.355 e. The Morgan fingerprint density at radius 2 is 2.10 bits per heavy atom. The third-order valence-corrected chi connectivity index (χ3v) is 3.39. The van der Waals surface area contributed by atoms with Crippen molar-refractivity contribution in [2.75, 3.05) is 7.05 Å². The highest BCUT2D eigenvalue weighted by molar-refractivity contribution is 9.10. The molecular weight excluding hydrogens is 320 g/mol. The van der Waals surface area contributed by atoms with Gasteiger partial charge in [0.15, 0.2) is 0 Å². The highest BCUT2D eigenvalue weighted by Crippen LogP contribution is 2.11. The molecule has 20 heavy (non-hydrogen) atoms. The summed E-state index contributed by atoms with van der Waals surface area (Å²) in [4.78, 5) is 24.0. The van der Waals surface area contributed by atoms with E-state index in [1.54, 1.807) is 6.20 Å². The number of amides is 1. The van der Waals surface area contributed by atoms with Gasteiger partial charge in [-0.15, -0.1) is 0 Å². The SMILES string of the molecule is CNC(=O)c1cc(Br)cn(Cc2cccc(C)c2)c1=O.